The van der Waals surface area contributed by atoms with Gasteiger partial charge in [-0.05, 0) is 18.8 Å². The van der Waals surface area contributed by atoms with Gasteiger partial charge in [0, 0.05) is 18.8 Å². The second-order valence-corrected chi connectivity index (χ2v) is 4.35. The molecule has 1 rings (SSSR count). The van der Waals surface area contributed by atoms with E-state index in [9.17, 15) is 9.59 Å². The summed E-state index contributed by atoms with van der Waals surface area (Å²) in [4.78, 5) is 30.6. The summed E-state index contributed by atoms with van der Waals surface area (Å²) in [6.45, 7) is 6.17. The van der Waals surface area contributed by atoms with Crippen LogP contribution in [0, 0.1) is 5.92 Å². The van der Waals surface area contributed by atoms with Crippen molar-refractivity contribution in [3.8, 4) is 0 Å². The van der Waals surface area contributed by atoms with E-state index in [0.717, 1.165) is 19.3 Å². The van der Waals surface area contributed by atoms with Gasteiger partial charge in [-0.25, -0.2) is 9.78 Å². The third kappa shape index (κ3) is 4.57. The molecule has 0 aromatic carbocycles. The number of urea groups is 1. The lowest BCUT2D eigenvalue weighted by atomic mass is 10.00. The van der Waals surface area contributed by atoms with Crippen molar-refractivity contribution in [3.63, 3.8) is 0 Å². The molecule has 1 unspecified atom stereocenters. The Labute approximate surface area is 112 Å². The summed E-state index contributed by atoms with van der Waals surface area (Å²) in [5.74, 6) is 0.480. The minimum atomic E-state index is -0.619. The topological polar surface area (TPSA) is 92.1 Å². The molecule has 0 aliphatic rings. The van der Waals surface area contributed by atoms with Crippen molar-refractivity contribution in [2.75, 3.05) is 11.4 Å². The van der Waals surface area contributed by atoms with Crippen molar-refractivity contribution in [1.29, 1.82) is 0 Å². The quantitative estimate of drug-likeness (QED) is 0.733. The largest absolute Gasteiger partial charge is 0.351 e. The predicted octanol–water partition coefficient (Wildman–Crippen LogP) is 1.65. The van der Waals surface area contributed by atoms with Gasteiger partial charge in [0.25, 0.3) is 5.56 Å². The molecule has 0 bridgehead atoms. The zero-order valence-corrected chi connectivity index (χ0v) is 11.1. The number of primary amides is 1. The molecular formula is C13H20N4O2. The Kier molecular flexibility index (Phi) is 5.78. The Morgan fingerprint density at radius 1 is 1.68 bits per heavy atom. The van der Waals surface area contributed by atoms with Crippen molar-refractivity contribution in [3.05, 3.63) is 35.3 Å². The third-order valence-corrected chi connectivity index (χ3v) is 2.98. The smallest absolute Gasteiger partial charge is 0.321 e. The van der Waals surface area contributed by atoms with Crippen LogP contribution in [-0.4, -0.2) is 22.5 Å². The maximum atomic E-state index is 11.5. The average molecular weight is 264 g/mol. The van der Waals surface area contributed by atoms with Gasteiger partial charge >= 0.3 is 6.03 Å². The van der Waals surface area contributed by atoms with Gasteiger partial charge < -0.3 is 5.73 Å². The fraction of sp³-hybridized carbons (Fsp3) is 0.462. The number of carbonyl (C=O) groups excluding carboxylic acids is 1. The molecule has 6 nitrogen and oxygen atoms in total. The number of aromatic nitrogens is 2. The number of aromatic amines is 1. The van der Waals surface area contributed by atoms with Crippen molar-refractivity contribution >= 4 is 12.0 Å². The van der Waals surface area contributed by atoms with Gasteiger partial charge in [0.2, 0.25) is 5.95 Å². The lowest BCUT2D eigenvalue weighted by Crippen LogP contribution is -2.41. The van der Waals surface area contributed by atoms with E-state index in [2.05, 4.69) is 16.5 Å². The zero-order chi connectivity index (χ0) is 14.3. The number of nitrogens with two attached hydrogens (primary N) is 1. The van der Waals surface area contributed by atoms with Crippen LogP contribution < -0.4 is 16.2 Å². The highest BCUT2D eigenvalue weighted by molar-refractivity contribution is 5.88. The van der Waals surface area contributed by atoms with E-state index >= 15 is 0 Å². The molecule has 6 heteroatoms. The number of hydrogen-bond acceptors (Lipinski definition) is 3. The first-order chi connectivity index (χ1) is 9.08. The van der Waals surface area contributed by atoms with Crippen LogP contribution in [0.4, 0.5) is 10.7 Å². The Hall–Kier alpha value is -2.11. The molecule has 0 saturated heterocycles. The summed E-state index contributed by atoms with van der Waals surface area (Å²) < 4.78 is 0. The molecule has 1 heterocycles. The monoisotopic (exact) mass is 264 g/mol. The minimum Gasteiger partial charge on any atom is -0.351 e. The summed E-state index contributed by atoms with van der Waals surface area (Å²) in [6.07, 6.45) is 5.91. The molecule has 19 heavy (non-hydrogen) atoms. The summed E-state index contributed by atoms with van der Waals surface area (Å²) in [7, 11) is 0. The molecular weight excluding hydrogens is 244 g/mol. The van der Waals surface area contributed by atoms with E-state index in [0.29, 0.717) is 6.54 Å². The number of hydrogen-bond donors (Lipinski definition) is 2. The van der Waals surface area contributed by atoms with E-state index in [4.69, 9.17) is 5.73 Å². The first-order valence-corrected chi connectivity index (χ1v) is 6.31. The fourth-order valence-corrected chi connectivity index (χ4v) is 1.81. The lowest BCUT2D eigenvalue weighted by molar-refractivity contribution is 0.252. The van der Waals surface area contributed by atoms with Gasteiger partial charge in [-0.2, -0.15) is 0 Å². The average Bonchev–Trinajstić information content (AvgIpc) is 2.38. The SMILES string of the molecule is C=CCCC(CC)CN(C(N)=O)c1nccc(=O)[nH]1. The Morgan fingerprint density at radius 3 is 2.95 bits per heavy atom. The van der Waals surface area contributed by atoms with Crippen LogP contribution in [-0.2, 0) is 0 Å². The number of H-pyrrole nitrogens is 1. The Bertz CT molecular complexity index is 484. The highest BCUT2D eigenvalue weighted by Gasteiger charge is 2.19. The third-order valence-electron chi connectivity index (χ3n) is 2.98. The molecule has 0 saturated carbocycles. The molecule has 0 fully saturated rings. The van der Waals surface area contributed by atoms with Crippen molar-refractivity contribution in [2.45, 2.75) is 26.2 Å². The molecule has 0 radical (unpaired) electrons. The van der Waals surface area contributed by atoms with Crippen LogP contribution in [0.15, 0.2) is 29.7 Å². The van der Waals surface area contributed by atoms with Gasteiger partial charge in [0.15, 0.2) is 0 Å². The number of amides is 2. The Morgan fingerprint density at radius 2 is 2.42 bits per heavy atom. The molecule has 1 aromatic rings. The maximum Gasteiger partial charge on any atom is 0.321 e. The van der Waals surface area contributed by atoms with E-state index in [1.165, 1.54) is 17.2 Å². The van der Waals surface area contributed by atoms with Crippen LogP contribution in [0.1, 0.15) is 26.2 Å². The molecule has 1 aromatic heterocycles. The van der Waals surface area contributed by atoms with Gasteiger partial charge in [0.05, 0.1) is 0 Å². The normalized spacial score (nSPS) is 11.8. The lowest BCUT2D eigenvalue weighted by Gasteiger charge is -2.23. The standard InChI is InChI=1S/C13H20N4O2/c1-3-5-6-10(4-2)9-17(12(14)19)13-15-8-7-11(18)16-13/h3,7-8,10H,1,4-6,9H2,2H3,(H2,14,19)(H,15,16,18). The van der Waals surface area contributed by atoms with Crippen LogP contribution in [0.2, 0.25) is 0 Å². The van der Waals surface area contributed by atoms with Crippen LogP contribution >= 0.6 is 0 Å². The maximum absolute atomic E-state index is 11.5. The molecule has 1 atom stereocenters. The second-order valence-electron chi connectivity index (χ2n) is 4.35. The van der Waals surface area contributed by atoms with Crippen LogP contribution in [0.5, 0.6) is 0 Å². The van der Waals surface area contributed by atoms with E-state index in [-0.39, 0.29) is 17.4 Å². The summed E-state index contributed by atoms with van der Waals surface area (Å²) in [6, 6.07) is 0.670. The van der Waals surface area contributed by atoms with Gasteiger partial charge in [-0.1, -0.05) is 19.4 Å². The van der Waals surface area contributed by atoms with Crippen molar-refractivity contribution < 1.29 is 4.79 Å². The predicted molar refractivity (Wildman–Crippen MR) is 75.0 cm³/mol. The second kappa shape index (κ2) is 7.35. The zero-order valence-electron chi connectivity index (χ0n) is 11.1. The van der Waals surface area contributed by atoms with Gasteiger partial charge in [-0.3, -0.25) is 14.7 Å². The van der Waals surface area contributed by atoms with Crippen molar-refractivity contribution in [1.82, 2.24) is 9.97 Å². The summed E-state index contributed by atoms with van der Waals surface area (Å²) >= 11 is 0. The minimum absolute atomic E-state index is 0.192. The van der Waals surface area contributed by atoms with E-state index in [1.54, 1.807) is 0 Å². The van der Waals surface area contributed by atoms with Gasteiger partial charge in [0.1, 0.15) is 0 Å². The molecule has 0 aliphatic heterocycles. The highest BCUT2D eigenvalue weighted by atomic mass is 16.2. The summed E-state index contributed by atoms with van der Waals surface area (Å²) in [5.41, 5.74) is 5.05. The first-order valence-electron chi connectivity index (χ1n) is 6.31. The number of allylic oxidation sites excluding steroid dienone is 1. The van der Waals surface area contributed by atoms with E-state index in [1.807, 2.05) is 13.0 Å². The molecule has 104 valence electrons. The van der Waals surface area contributed by atoms with Crippen LogP contribution in [0.25, 0.3) is 0 Å². The molecule has 2 amide bonds. The molecule has 0 aliphatic carbocycles. The molecule has 3 N–H and O–H groups in total. The number of carbonyl (C=O) groups is 1. The van der Waals surface area contributed by atoms with Crippen molar-refractivity contribution in [2.24, 2.45) is 11.7 Å². The number of nitrogens with one attached hydrogen (secondary N) is 1. The van der Waals surface area contributed by atoms with Crippen LogP contribution in [0.3, 0.4) is 0 Å². The first kappa shape index (κ1) is 14.9. The molecule has 0 spiro atoms. The number of nitrogens with zero attached hydrogens (tertiary/aromatic N) is 2. The number of anilines is 1. The van der Waals surface area contributed by atoms with E-state index < -0.39 is 6.03 Å². The van der Waals surface area contributed by atoms with Gasteiger partial charge in [-0.15, -0.1) is 6.58 Å². The fourth-order valence-electron chi connectivity index (χ4n) is 1.81. The Balaban J connectivity index is 2.86. The number of rotatable bonds is 7. The summed E-state index contributed by atoms with van der Waals surface area (Å²) in [5, 5.41) is 0. The highest BCUT2D eigenvalue weighted by Crippen LogP contribution is 2.15.